The molecule has 1 saturated heterocycles. The smallest absolute Gasteiger partial charge is 0.353 e. The second-order valence-corrected chi connectivity index (χ2v) is 6.30. The number of quaternary nitrogens is 1. The van der Waals surface area contributed by atoms with Gasteiger partial charge in [-0.1, -0.05) is 12.1 Å². The molecule has 0 atom stereocenters. The Morgan fingerprint density at radius 2 is 2.04 bits per heavy atom. The number of likely N-dealkylation sites (N-methyl/N-ethyl adjacent to an activating group) is 1. The van der Waals surface area contributed by atoms with Gasteiger partial charge in [0.1, 0.15) is 0 Å². The number of aromatic nitrogens is 2. The van der Waals surface area contributed by atoms with Gasteiger partial charge in [0.2, 0.25) is 17.6 Å². The minimum atomic E-state index is -0.508. The highest BCUT2D eigenvalue weighted by molar-refractivity contribution is 5.72. The molecule has 1 aliphatic heterocycles. The van der Waals surface area contributed by atoms with Gasteiger partial charge >= 0.3 is 5.69 Å². The summed E-state index contributed by atoms with van der Waals surface area (Å²) in [5.41, 5.74) is 7.54. The van der Waals surface area contributed by atoms with Crippen LogP contribution in [0.25, 0.3) is 0 Å². The molecule has 3 rings (SSSR count). The number of benzene rings is 1. The first-order valence-electron chi connectivity index (χ1n) is 8.16. The van der Waals surface area contributed by atoms with Gasteiger partial charge in [-0.15, -0.1) is 0 Å². The lowest BCUT2D eigenvalue weighted by Gasteiger charge is -2.30. The summed E-state index contributed by atoms with van der Waals surface area (Å²) in [6.07, 6.45) is 0. The van der Waals surface area contributed by atoms with Crippen molar-refractivity contribution in [2.24, 2.45) is 0 Å². The van der Waals surface area contributed by atoms with Crippen LogP contribution in [0.3, 0.4) is 0 Å². The minimum Gasteiger partial charge on any atom is -0.378 e. The Kier molecular flexibility index (Phi) is 4.66. The van der Waals surface area contributed by atoms with Crippen molar-refractivity contribution in [3.63, 3.8) is 0 Å². The van der Waals surface area contributed by atoms with E-state index >= 15 is 0 Å². The Labute approximate surface area is 145 Å². The molecule has 1 aromatic heterocycles. The Balaban J connectivity index is 1.96. The summed E-state index contributed by atoms with van der Waals surface area (Å²) in [5.74, 6) is 0.409. The predicted octanol–water partition coefficient (Wildman–Crippen LogP) is 0.354. The number of piperazine rings is 1. The number of anilines is 4. The summed E-state index contributed by atoms with van der Waals surface area (Å²) in [5, 5.41) is 14.5. The van der Waals surface area contributed by atoms with Crippen LogP contribution in [0.15, 0.2) is 24.3 Å². The molecule has 25 heavy (non-hydrogen) atoms. The van der Waals surface area contributed by atoms with Crippen LogP contribution >= 0.6 is 0 Å². The Hall–Kier alpha value is -2.94. The summed E-state index contributed by atoms with van der Waals surface area (Å²) in [6, 6.07) is 7.72. The normalized spacial score (nSPS) is 15.2. The minimum absolute atomic E-state index is 0.128. The zero-order valence-electron chi connectivity index (χ0n) is 14.3. The Morgan fingerprint density at radius 1 is 1.32 bits per heavy atom. The fourth-order valence-corrected chi connectivity index (χ4v) is 2.86. The lowest BCUT2D eigenvalue weighted by molar-refractivity contribution is -0.880. The Morgan fingerprint density at radius 3 is 2.68 bits per heavy atom. The fourth-order valence-electron chi connectivity index (χ4n) is 2.86. The fraction of sp³-hybridized carbons (Fsp3) is 0.375. The predicted molar refractivity (Wildman–Crippen MR) is 96.4 cm³/mol. The summed E-state index contributed by atoms with van der Waals surface area (Å²) in [6.45, 7) is 5.14. The van der Waals surface area contributed by atoms with E-state index in [1.165, 1.54) is 4.90 Å². The highest BCUT2D eigenvalue weighted by atomic mass is 16.6. The van der Waals surface area contributed by atoms with E-state index in [2.05, 4.69) is 22.3 Å². The molecule has 0 spiro atoms. The Bertz CT molecular complexity index is 788. The van der Waals surface area contributed by atoms with Crippen molar-refractivity contribution in [2.45, 2.75) is 6.92 Å². The average Bonchev–Trinajstić information content (AvgIpc) is 2.54. The second-order valence-electron chi connectivity index (χ2n) is 6.30. The van der Waals surface area contributed by atoms with E-state index in [1.54, 1.807) is 0 Å². The SMILES string of the molecule is Cc1cccc(Nc2nc(N)c([N+](=O)[O-])c(N3CC[NH+](C)CC3)n2)c1. The van der Waals surface area contributed by atoms with Gasteiger partial charge in [0.15, 0.2) is 0 Å². The second kappa shape index (κ2) is 6.89. The average molecular weight is 344 g/mol. The van der Waals surface area contributed by atoms with Gasteiger partial charge in [-0.25, -0.2) is 0 Å². The number of nitrogens with two attached hydrogens (primary N) is 1. The van der Waals surface area contributed by atoms with Crippen molar-refractivity contribution in [1.82, 2.24) is 9.97 Å². The molecule has 2 heterocycles. The maximum atomic E-state index is 11.5. The number of nitro groups is 1. The maximum Gasteiger partial charge on any atom is 0.353 e. The van der Waals surface area contributed by atoms with Gasteiger partial charge in [-0.2, -0.15) is 9.97 Å². The molecular weight excluding hydrogens is 322 g/mol. The topological polar surface area (TPSA) is 115 Å². The van der Waals surface area contributed by atoms with E-state index in [0.29, 0.717) is 13.1 Å². The van der Waals surface area contributed by atoms with Crippen molar-refractivity contribution in [2.75, 3.05) is 49.2 Å². The molecule has 0 bridgehead atoms. The molecule has 0 saturated carbocycles. The summed E-state index contributed by atoms with van der Waals surface area (Å²) in [4.78, 5) is 22.7. The zero-order chi connectivity index (χ0) is 18.0. The van der Waals surface area contributed by atoms with E-state index in [4.69, 9.17) is 5.73 Å². The number of nitrogens with zero attached hydrogens (tertiary/aromatic N) is 4. The quantitative estimate of drug-likeness (QED) is 0.542. The molecule has 2 aromatic rings. The van der Waals surface area contributed by atoms with Crippen LogP contribution in [-0.2, 0) is 0 Å². The highest BCUT2D eigenvalue weighted by Gasteiger charge is 2.30. The molecule has 1 fully saturated rings. The largest absolute Gasteiger partial charge is 0.378 e. The third kappa shape index (κ3) is 3.77. The molecular formula is C16H22N7O2+. The summed E-state index contributed by atoms with van der Waals surface area (Å²) >= 11 is 0. The number of nitrogen functional groups attached to an aromatic ring is 1. The van der Waals surface area contributed by atoms with Crippen LogP contribution in [0.5, 0.6) is 0 Å². The van der Waals surface area contributed by atoms with Crippen molar-refractivity contribution in [3.8, 4) is 0 Å². The molecule has 132 valence electrons. The van der Waals surface area contributed by atoms with Crippen LogP contribution < -0.4 is 20.9 Å². The molecule has 9 heteroatoms. The van der Waals surface area contributed by atoms with Gasteiger partial charge in [0, 0.05) is 5.69 Å². The first kappa shape index (κ1) is 16.9. The van der Waals surface area contributed by atoms with Gasteiger partial charge in [-0.05, 0) is 24.6 Å². The molecule has 0 aliphatic carbocycles. The molecule has 0 amide bonds. The number of rotatable bonds is 4. The van der Waals surface area contributed by atoms with Gasteiger partial charge < -0.3 is 20.9 Å². The highest BCUT2D eigenvalue weighted by Crippen LogP contribution is 2.32. The first-order chi connectivity index (χ1) is 11.9. The van der Waals surface area contributed by atoms with Gasteiger partial charge in [0.25, 0.3) is 0 Å². The standard InChI is InChI=1S/C16H21N7O2/c1-11-4-3-5-12(10-11)18-16-19-14(17)13(23(24)25)15(20-16)22-8-6-21(2)7-9-22/h3-5,10H,6-9H2,1-2H3,(H3,17,18,19,20)/p+1. The van der Waals surface area contributed by atoms with E-state index in [1.807, 2.05) is 36.1 Å². The molecule has 0 unspecified atom stereocenters. The first-order valence-corrected chi connectivity index (χ1v) is 8.16. The third-order valence-electron chi connectivity index (χ3n) is 4.27. The lowest BCUT2D eigenvalue weighted by Crippen LogP contribution is -3.12. The lowest BCUT2D eigenvalue weighted by atomic mass is 10.2. The molecule has 1 aromatic carbocycles. The zero-order valence-corrected chi connectivity index (χ0v) is 14.3. The van der Waals surface area contributed by atoms with Crippen molar-refractivity contribution in [1.29, 1.82) is 0 Å². The van der Waals surface area contributed by atoms with E-state index in [9.17, 15) is 10.1 Å². The van der Waals surface area contributed by atoms with E-state index in [-0.39, 0.29) is 23.3 Å². The maximum absolute atomic E-state index is 11.5. The summed E-state index contributed by atoms with van der Waals surface area (Å²) in [7, 11) is 2.10. The van der Waals surface area contributed by atoms with Crippen molar-refractivity contribution < 1.29 is 9.82 Å². The molecule has 1 aliphatic rings. The number of hydrogen-bond donors (Lipinski definition) is 3. The van der Waals surface area contributed by atoms with Crippen molar-refractivity contribution >= 4 is 29.0 Å². The van der Waals surface area contributed by atoms with E-state index < -0.39 is 4.92 Å². The number of aryl methyl sites for hydroxylation is 1. The van der Waals surface area contributed by atoms with Crippen molar-refractivity contribution in [3.05, 3.63) is 39.9 Å². The van der Waals surface area contributed by atoms with Crippen LogP contribution in [0.1, 0.15) is 5.56 Å². The summed E-state index contributed by atoms with van der Waals surface area (Å²) < 4.78 is 0. The van der Waals surface area contributed by atoms with Crippen LogP contribution in [0.4, 0.5) is 29.0 Å². The van der Waals surface area contributed by atoms with E-state index in [0.717, 1.165) is 24.3 Å². The van der Waals surface area contributed by atoms with Crippen LogP contribution in [0.2, 0.25) is 0 Å². The van der Waals surface area contributed by atoms with Gasteiger partial charge in [0.05, 0.1) is 38.2 Å². The third-order valence-corrected chi connectivity index (χ3v) is 4.27. The molecule has 4 N–H and O–H groups in total. The van der Waals surface area contributed by atoms with Crippen LogP contribution in [0, 0.1) is 17.0 Å². The monoisotopic (exact) mass is 344 g/mol. The van der Waals surface area contributed by atoms with Crippen LogP contribution in [-0.4, -0.2) is 48.1 Å². The van der Waals surface area contributed by atoms with Gasteiger partial charge in [-0.3, -0.25) is 10.1 Å². The number of hydrogen-bond acceptors (Lipinski definition) is 7. The number of nitrogens with one attached hydrogen (secondary N) is 2. The molecule has 9 nitrogen and oxygen atoms in total. The molecule has 0 radical (unpaired) electrons.